The minimum atomic E-state index is -0.0973. The average Bonchev–Trinajstić information content (AvgIpc) is 3.02. The highest BCUT2D eigenvalue weighted by molar-refractivity contribution is 6.16. The number of ether oxygens (including phenoxy) is 2. The molecule has 0 radical (unpaired) electrons. The molecular formula is C22H30N2O4. The number of piperazine rings is 1. The highest BCUT2D eigenvalue weighted by Gasteiger charge is 2.29. The quantitative estimate of drug-likeness (QED) is 0.704. The molecule has 0 atom stereocenters. The summed E-state index contributed by atoms with van der Waals surface area (Å²) >= 11 is 0. The van der Waals surface area contributed by atoms with Gasteiger partial charge >= 0.3 is 0 Å². The van der Waals surface area contributed by atoms with Crippen LogP contribution in [-0.2, 0) is 11.2 Å². The van der Waals surface area contributed by atoms with E-state index in [4.69, 9.17) is 9.47 Å². The summed E-state index contributed by atoms with van der Waals surface area (Å²) in [4.78, 5) is 29.8. The number of nitrogens with zero attached hydrogens (tertiary/aromatic N) is 2. The summed E-state index contributed by atoms with van der Waals surface area (Å²) in [5.41, 5.74) is 2.01. The molecule has 3 rings (SSSR count). The minimum absolute atomic E-state index is 0.0701. The fourth-order valence-electron chi connectivity index (χ4n) is 4.21. The Hall–Kier alpha value is -2.34. The molecule has 28 heavy (non-hydrogen) atoms. The van der Waals surface area contributed by atoms with E-state index in [9.17, 15) is 9.59 Å². The van der Waals surface area contributed by atoms with Crippen LogP contribution in [-0.4, -0.2) is 67.9 Å². The number of Topliss-reactive ketones (excluding diaryl/α,β-unsaturated/α-hetero) is 1. The average molecular weight is 386 g/mol. The van der Waals surface area contributed by atoms with Gasteiger partial charge in [0.15, 0.2) is 17.3 Å². The molecule has 152 valence electrons. The van der Waals surface area contributed by atoms with Crippen molar-refractivity contribution in [2.75, 3.05) is 40.4 Å². The normalized spacial score (nSPS) is 18.7. The summed E-state index contributed by atoms with van der Waals surface area (Å²) in [7, 11) is 3.12. The number of fused-ring (bicyclic) bond motifs is 1. The van der Waals surface area contributed by atoms with Gasteiger partial charge in [0.25, 0.3) is 0 Å². The number of carbonyl (C=O) groups is 2. The first-order valence-corrected chi connectivity index (χ1v) is 10.0. The van der Waals surface area contributed by atoms with Gasteiger partial charge < -0.3 is 14.4 Å². The van der Waals surface area contributed by atoms with Gasteiger partial charge in [-0.3, -0.25) is 14.5 Å². The highest BCUT2D eigenvalue weighted by Crippen LogP contribution is 2.36. The van der Waals surface area contributed by atoms with Crippen molar-refractivity contribution in [3.63, 3.8) is 0 Å². The molecule has 1 aromatic rings. The van der Waals surface area contributed by atoms with Gasteiger partial charge in [0.05, 0.1) is 14.2 Å². The molecule has 1 amide bonds. The fourth-order valence-corrected chi connectivity index (χ4v) is 4.21. The number of amides is 1. The molecule has 0 N–H and O–H groups in total. The smallest absolute Gasteiger partial charge is 0.247 e. The third kappa shape index (κ3) is 3.92. The maximum Gasteiger partial charge on any atom is 0.247 e. The molecule has 6 nitrogen and oxygen atoms in total. The van der Waals surface area contributed by atoms with Crippen molar-refractivity contribution in [1.82, 2.24) is 9.80 Å². The van der Waals surface area contributed by atoms with Gasteiger partial charge in [-0.2, -0.15) is 0 Å². The van der Waals surface area contributed by atoms with Gasteiger partial charge in [-0.1, -0.05) is 13.8 Å². The maximum atomic E-state index is 12.8. The number of allylic oxidation sites excluding steroid dienone is 1. The Labute approximate surface area is 167 Å². The van der Waals surface area contributed by atoms with Gasteiger partial charge in [-0.15, -0.1) is 0 Å². The van der Waals surface area contributed by atoms with Crippen LogP contribution < -0.4 is 9.47 Å². The monoisotopic (exact) mass is 386 g/mol. The molecule has 1 saturated heterocycles. The number of methoxy groups -OCH3 is 2. The first-order valence-electron chi connectivity index (χ1n) is 10.0. The van der Waals surface area contributed by atoms with Crippen molar-refractivity contribution < 1.29 is 19.1 Å². The van der Waals surface area contributed by atoms with E-state index in [-0.39, 0.29) is 11.7 Å². The first kappa shape index (κ1) is 20.4. The molecular weight excluding hydrogens is 356 g/mol. The Morgan fingerprint density at radius 1 is 1.07 bits per heavy atom. The van der Waals surface area contributed by atoms with Gasteiger partial charge in [0.2, 0.25) is 5.91 Å². The van der Waals surface area contributed by atoms with Crippen LogP contribution in [0.5, 0.6) is 11.5 Å². The Bertz CT molecular complexity index is 775. The lowest BCUT2D eigenvalue weighted by Crippen LogP contribution is -2.51. The SMILES string of the molecule is CCC(CC)N1CCN(C(=O)C=C2Cc3cc(OC)c(OC)cc3C2=O)CC1. The van der Waals surface area contributed by atoms with Crippen molar-refractivity contribution in [3.05, 3.63) is 34.9 Å². The molecule has 1 aromatic carbocycles. The lowest BCUT2D eigenvalue weighted by molar-refractivity contribution is -0.128. The van der Waals surface area contributed by atoms with Crippen LogP contribution >= 0.6 is 0 Å². The molecule has 0 unspecified atom stereocenters. The van der Waals surface area contributed by atoms with E-state index in [0.717, 1.165) is 31.5 Å². The molecule has 1 fully saturated rings. The van der Waals surface area contributed by atoms with Crippen molar-refractivity contribution in [3.8, 4) is 11.5 Å². The van der Waals surface area contributed by atoms with E-state index in [1.54, 1.807) is 20.3 Å². The van der Waals surface area contributed by atoms with Crippen molar-refractivity contribution in [2.24, 2.45) is 0 Å². The zero-order valence-corrected chi connectivity index (χ0v) is 17.3. The summed E-state index contributed by atoms with van der Waals surface area (Å²) in [5, 5.41) is 0. The van der Waals surface area contributed by atoms with Crippen molar-refractivity contribution in [1.29, 1.82) is 0 Å². The van der Waals surface area contributed by atoms with Crippen LogP contribution in [0.1, 0.15) is 42.6 Å². The molecule has 0 bridgehead atoms. The van der Waals surface area contributed by atoms with Crippen LogP contribution in [0.4, 0.5) is 0 Å². The van der Waals surface area contributed by atoms with Gasteiger partial charge in [-0.25, -0.2) is 0 Å². The number of ketones is 1. The summed E-state index contributed by atoms with van der Waals surface area (Å²) in [5.74, 6) is 0.957. The van der Waals surface area contributed by atoms with Crippen LogP contribution in [0.3, 0.4) is 0 Å². The number of hydrogen-bond donors (Lipinski definition) is 0. The zero-order valence-electron chi connectivity index (χ0n) is 17.3. The first-order chi connectivity index (χ1) is 13.5. The lowest BCUT2D eigenvalue weighted by Gasteiger charge is -2.38. The van der Waals surface area contributed by atoms with E-state index in [0.29, 0.717) is 48.2 Å². The molecule has 1 aliphatic carbocycles. The third-order valence-corrected chi connectivity index (χ3v) is 5.91. The highest BCUT2D eigenvalue weighted by atomic mass is 16.5. The summed E-state index contributed by atoms with van der Waals surface area (Å²) < 4.78 is 10.6. The zero-order chi connectivity index (χ0) is 20.3. The van der Waals surface area contributed by atoms with Crippen LogP contribution in [0.25, 0.3) is 0 Å². The molecule has 2 aliphatic rings. The molecule has 0 aromatic heterocycles. The minimum Gasteiger partial charge on any atom is -0.493 e. The molecule has 6 heteroatoms. The second kappa shape index (κ2) is 8.78. The van der Waals surface area contributed by atoms with Gasteiger partial charge in [-0.05, 0) is 30.5 Å². The Kier molecular flexibility index (Phi) is 6.39. The van der Waals surface area contributed by atoms with E-state index in [1.165, 1.54) is 6.08 Å². The summed E-state index contributed by atoms with van der Waals surface area (Å²) in [6.45, 7) is 7.63. The largest absolute Gasteiger partial charge is 0.493 e. The van der Waals surface area contributed by atoms with Gasteiger partial charge in [0, 0.05) is 55.9 Å². The topological polar surface area (TPSA) is 59.1 Å². The van der Waals surface area contributed by atoms with Crippen molar-refractivity contribution in [2.45, 2.75) is 39.2 Å². The van der Waals surface area contributed by atoms with Crippen LogP contribution in [0.15, 0.2) is 23.8 Å². The molecule has 1 heterocycles. The number of rotatable bonds is 6. The van der Waals surface area contributed by atoms with E-state index in [1.807, 2.05) is 11.0 Å². The molecule has 1 aliphatic heterocycles. The number of carbonyl (C=O) groups excluding carboxylic acids is 2. The van der Waals surface area contributed by atoms with Crippen LogP contribution in [0.2, 0.25) is 0 Å². The Balaban J connectivity index is 1.69. The Morgan fingerprint density at radius 3 is 2.25 bits per heavy atom. The third-order valence-electron chi connectivity index (χ3n) is 5.91. The predicted octanol–water partition coefficient (Wildman–Crippen LogP) is 2.70. The predicted molar refractivity (Wildman–Crippen MR) is 108 cm³/mol. The maximum absolute atomic E-state index is 12.8. The second-order valence-electron chi connectivity index (χ2n) is 7.37. The van der Waals surface area contributed by atoms with E-state index in [2.05, 4.69) is 18.7 Å². The summed E-state index contributed by atoms with van der Waals surface area (Å²) in [6.07, 6.45) is 4.24. The van der Waals surface area contributed by atoms with E-state index >= 15 is 0 Å². The Morgan fingerprint density at radius 2 is 1.68 bits per heavy atom. The second-order valence-corrected chi connectivity index (χ2v) is 7.37. The number of benzene rings is 1. The fraction of sp³-hybridized carbons (Fsp3) is 0.545. The summed E-state index contributed by atoms with van der Waals surface area (Å²) in [6, 6.07) is 4.12. The van der Waals surface area contributed by atoms with E-state index < -0.39 is 0 Å². The van der Waals surface area contributed by atoms with Crippen molar-refractivity contribution >= 4 is 11.7 Å². The molecule has 0 spiro atoms. The van der Waals surface area contributed by atoms with Gasteiger partial charge in [0.1, 0.15) is 0 Å². The van der Waals surface area contributed by atoms with Crippen LogP contribution in [0, 0.1) is 0 Å². The standard InChI is InChI=1S/C22H30N2O4/c1-5-17(6-2)23-7-9-24(10-8-23)21(25)13-16-11-15-12-19(27-3)20(28-4)14-18(15)22(16)26/h12-14,17H,5-11H2,1-4H3. The lowest BCUT2D eigenvalue weighted by atomic mass is 10.1. The molecule has 0 saturated carbocycles. The number of hydrogen-bond acceptors (Lipinski definition) is 5.